The van der Waals surface area contributed by atoms with Crippen LogP contribution in [0.5, 0.6) is 0 Å². The van der Waals surface area contributed by atoms with Gasteiger partial charge in [-0.25, -0.2) is 8.78 Å². The Kier molecular flexibility index (Phi) is 3.65. The molecule has 0 aromatic heterocycles. The molecule has 1 atom stereocenters. The molecule has 1 rings (SSSR count). The smallest absolute Gasteiger partial charge is 0.256 e. The van der Waals surface area contributed by atoms with Crippen LogP contribution in [0.2, 0.25) is 0 Å². The first-order valence-corrected chi connectivity index (χ1v) is 5.11. The lowest BCUT2D eigenvalue weighted by Crippen LogP contribution is -2.50. The summed E-state index contributed by atoms with van der Waals surface area (Å²) in [6, 6.07) is 0. The van der Waals surface area contributed by atoms with Gasteiger partial charge in [0.05, 0.1) is 5.54 Å². The summed E-state index contributed by atoms with van der Waals surface area (Å²) in [6.07, 6.45) is 1.85. The molecule has 0 radical (unpaired) electrons. The second-order valence-electron chi connectivity index (χ2n) is 4.25. The molecule has 13 heavy (non-hydrogen) atoms. The van der Waals surface area contributed by atoms with Crippen LogP contribution in [0, 0.1) is 5.92 Å². The quantitative estimate of drug-likeness (QED) is 0.704. The maximum absolute atomic E-state index is 12.7. The lowest BCUT2D eigenvalue weighted by molar-refractivity contribution is 0.0179. The van der Waals surface area contributed by atoms with Crippen molar-refractivity contribution >= 4 is 0 Å². The van der Waals surface area contributed by atoms with Gasteiger partial charge in [-0.2, -0.15) is 0 Å². The second kappa shape index (κ2) is 4.36. The molecule has 1 aliphatic rings. The van der Waals surface area contributed by atoms with Crippen molar-refractivity contribution in [3.8, 4) is 0 Å². The van der Waals surface area contributed by atoms with Gasteiger partial charge in [0.2, 0.25) is 0 Å². The zero-order valence-corrected chi connectivity index (χ0v) is 8.45. The van der Waals surface area contributed by atoms with Crippen LogP contribution in [-0.4, -0.2) is 18.5 Å². The maximum Gasteiger partial charge on any atom is 0.256 e. The van der Waals surface area contributed by atoms with Crippen molar-refractivity contribution in [3.05, 3.63) is 0 Å². The molecule has 3 heteroatoms. The molecular formula is C10H19F2N. The van der Waals surface area contributed by atoms with Gasteiger partial charge in [-0.05, 0) is 25.8 Å². The molecule has 78 valence electrons. The van der Waals surface area contributed by atoms with Crippen LogP contribution in [0.25, 0.3) is 0 Å². The molecule has 0 spiro atoms. The molecule has 0 saturated heterocycles. The van der Waals surface area contributed by atoms with Gasteiger partial charge in [-0.15, -0.1) is 0 Å². The molecule has 1 nitrogen and oxygen atoms in total. The highest BCUT2D eigenvalue weighted by Crippen LogP contribution is 2.35. The number of hydrogen-bond donors (Lipinski definition) is 1. The number of nitrogens with one attached hydrogen (secondary N) is 1. The van der Waals surface area contributed by atoms with Crippen molar-refractivity contribution in [3.63, 3.8) is 0 Å². The minimum atomic E-state index is -2.26. The van der Waals surface area contributed by atoms with E-state index in [9.17, 15) is 8.78 Å². The SMILES string of the molecule is CCNC(C)(CC1CCC1)C(F)F. The zero-order chi connectivity index (χ0) is 9.90. The average Bonchev–Trinajstić information content (AvgIpc) is 1.97. The van der Waals surface area contributed by atoms with Crippen LogP contribution in [0.4, 0.5) is 8.78 Å². The lowest BCUT2D eigenvalue weighted by atomic mass is 9.76. The van der Waals surface area contributed by atoms with Crippen LogP contribution in [0.3, 0.4) is 0 Å². The Labute approximate surface area is 78.9 Å². The minimum absolute atomic E-state index is 0.526. The molecule has 0 aromatic carbocycles. The normalized spacial score (nSPS) is 22.8. The third-order valence-corrected chi connectivity index (χ3v) is 3.00. The van der Waals surface area contributed by atoms with Crippen molar-refractivity contribution in [1.29, 1.82) is 0 Å². The number of hydrogen-bond acceptors (Lipinski definition) is 1. The Bertz CT molecular complexity index is 157. The van der Waals surface area contributed by atoms with E-state index in [1.807, 2.05) is 6.92 Å². The van der Waals surface area contributed by atoms with Crippen LogP contribution >= 0.6 is 0 Å². The zero-order valence-electron chi connectivity index (χ0n) is 8.45. The highest BCUT2D eigenvalue weighted by atomic mass is 19.3. The topological polar surface area (TPSA) is 12.0 Å². The van der Waals surface area contributed by atoms with Crippen molar-refractivity contribution in [2.24, 2.45) is 5.92 Å². The van der Waals surface area contributed by atoms with Gasteiger partial charge < -0.3 is 5.32 Å². The summed E-state index contributed by atoms with van der Waals surface area (Å²) in [6.45, 7) is 4.13. The number of halogens is 2. The lowest BCUT2D eigenvalue weighted by Gasteiger charge is -2.37. The summed E-state index contributed by atoms with van der Waals surface area (Å²) < 4.78 is 25.5. The molecular weight excluding hydrogens is 172 g/mol. The molecule has 1 saturated carbocycles. The molecule has 1 aliphatic carbocycles. The van der Waals surface area contributed by atoms with Gasteiger partial charge in [0, 0.05) is 0 Å². The molecule has 0 aliphatic heterocycles. The van der Waals surface area contributed by atoms with Gasteiger partial charge in [-0.3, -0.25) is 0 Å². The van der Waals surface area contributed by atoms with Crippen LogP contribution in [0.1, 0.15) is 39.5 Å². The summed E-state index contributed by atoms with van der Waals surface area (Å²) in [5.41, 5.74) is -0.958. The predicted molar refractivity (Wildman–Crippen MR) is 50.0 cm³/mol. The Morgan fingerprint density at radius 3 is 2.38 bits per heavy atom. The number of alkyl halides is 2. The predicted octanol–water partition coefficient (Wildman–Crippen LogP) is 2.81. The maximum atomic E-state index is 12.7. The van der Waals surface area contributed by atoms with Crippen molar-refractivity contribution in [2.45, 2.75) is 51.5 Å². The second-order valence-corrected chi connectivity index (χ2v) is 4.25. The van der Waals surface area contributed by atoms with Gasteiger partial charge in [-0.1, -0.05) is 26.2 Å². The Hall–Kier alpha value is -0.180. The van der Waals surface area contributed by atoms with E-state index >= 15 is 0 Å². The summed E-state index contributed by atoms with van der Waals surface area (Å²) >= 11 is 0. The first-order valence-electron chi connectivity index (χ1n) is 5.11. The van der Waals surface area contributed by atoms with Gasteiger partial charge in [0.15, 0.2) is 0 Å². The fourth-order valence-electron chi connectivity index (χ4n) is 1.94. The van der Waals surface area contributed by atoms with Crippen molar-refractivity contribution in [2.75, 3.05) is 6.54 Å². The van der Waals surface area contributed by atoms with E-state index in [2.05, 4.69) is 5.32 Å². The standard InChI is InChI=1S/C10H19F2N/c1-3-13-10(2,9(11)12)7-8-5-4-6-8/h8-9,13H,3-7H2,1-2H3. The molecule has 1 fully saturated rings. The molecule has 1 unspecified atom stereocenters. The van der Waals surface area contributed by atoms with Gasteiger partial charge in [0.1, 0.15) is 0 Å². The summed E-state index contributed by atoms with van der Waals surface area (Å²) in [4.78, 5) is 0. The Morgan fingerprint density at radius 2 is 2.08 bits per heavy atom. The molecule has 0 bridgehead atoms. The summed E-state index contributed by atoms with van der Waals surface area (Å²) in [5, 5.41) is 2.91. The largest absolute Gasteiger partial charge is 0.307 e. The van der Waals surface area contributed by atoms with E-state index in [1.54, 1.807) is 6.92 Å². The summed E-state index contributed by atoms with van der Waals surface area (Å²) in [5.74, 6) is 0.526. The first kappa shape index (κ1) is 10.9. The van der Waals surface area contributed by atoms with E-state index in [-0.39, 0.29) is 0 Å². The monoisotopic (exact) mass is 191 g/mol. The molecule has 0 aromatic rings. The minimum Gasteiger partial charge on any atom is -0.307 e. The van der Waals surface area contributed by atoms with Crippen molar-refractivity contribution in [1.82, 2.24) is 5.32 Å². The van der Waals surface area contributed by atoms with E-state index in [0.717, 1.165) is 12.8 Å². The fraction of sp³-hybridized carbons (Fsp3) is 1.00. The highest BCUT2D eigenvalue weighted by Gasteiger charge is 2.37. The highest BCUT2D eigenvalue weighted by molar-refractivity contribution is 4.90. The molecule has 0 amide bonds. The fourth-order valence-corrected chi connectivity index (χ4v) is 1.94. The third kappa shape index (κ3) is 2.63. The Balaban J connectivity index is 2.44. The van der Waals surface area contributed by atoms with E-state index in [1.165, 1.54) is 6.42 Å². The van der Waals surface area contributed by atoms with E-state index < -0.39 is 12.0 Å². The first-order chi connectivity index (χ1) is 6.08. The third-order valence-electron chi connectivity index (χ3n) is 3.00. The van der Waals surface area contributed by atoms with Gasteiger partial charge in [0.25, 0.3) is 6.43 Å². The Morgan fingerprint density at radius 1 is 1.46 bits per heavy atom. The van der Waals surface area contributed by atoms with Crippen LogP contribution in [-0.2, 0) is 0 Å². The van der Waals surface area contributed by atoms with E-state index in [0.29, 0.717) is 18.9 Å². The summed E-state index contributed by atoms with van der Waals surface area (Å²) in [7, 11) is 0. The van der Waals surface area contributed by atoms with Crippen LogP contribution < -0.4 is 5.32 Å². The number of rotatable bonds is 5. The molecule has 1 N–H and O–H groups in total. The van der Waals surface area contributed by atoms with Crippen molar-refractivity contribution < 1.29 is 8.78 Å². The van der Waals surface area contributed by atoms with Crippen LogP contribution in [0.15, 0.2) is 0 Å². The van der Waals surface area contributed by atoms with Gasteiger partial charge >= 0.3 is 0 Å². The molecule has 0 heterocycles. The average molecular weight is 191 g/mol. The van der Waals surface area contributed by atoms with E-state index in [4.69, 9.17) is 0 Å².